The van der Waals surface area contributed by atoms with E-state index in [-0.39, 0.29) is 23.9 Å². The molecule has 4 nitrogen and oxygen atoms in total. The zero-order valence-corrected chi connectivity index (χ0v) is 32.8. The summed E-state index contributed by atoms with van der Waals surface area (Å²) < 4.78 is 21.4. The van der Waals surface area contributed by atoms with Crippen molar-refractivity contribution in [2.24, 2.45) is 0 Å². The second-order valence-electron chi connectivity index (χ2n) is 15.4. The van der Waals surface area contributed by atoms with Crippen LogP contribution in [0.5, 0.6) is 0 Å². The Hall–Kier alpha value is 0.0506. The molecular weight excluding hydrogens is 545 g/mol. The number of unbranched alkanes of at least 4 members (excludes halogenated alkanes) is 1. The van der Waals surface area contributed by atoms with Gasteiger partial charge in [-0.15, -0.1) is 0 Å². The topological polar surface area (TPSA) is 47.9 Å². The molecule has 2 atom stereocenters. The van der Waals surface area contributed by atoms with Crippen molar-refractivity contribution in [1.82, 2.24) is 0 Å². The van der Waals surface area contributed by atoms with Gasteiger partial charge in [-0.1, -0.05) is 116 Å². The molecule has 0 rings (SSSR count). The van der Waals surface area contributed by atoms with Gasteiger partial charge in [0.05, 0.1) is 12.7 Å². The summed E-state index contributed by atoms with van der Waals surface area (Å²) in [6, 6.07) is 0. The molecule has 1 N–H and O–H groups in total. The van der Waals surface area contributed by atoms with Gasteiger partial charge in [0.2, 0.25) is 16.6 Å². The van der Waals surface area contributed by atoms with E-state index >= 15 is 0 Å². The quantitative estimate of drug-likeness (QED) is 0.101. The van der Waals surface area contributed by atoms with Gasteiger partial charge in [-0.25, -0.2) is 0 Å². The van der Waals surface area contributed by atoms with Crippen LogP contribution in [0, 0.1) is 11.8 Å². The highest BCUT2D eigenvalue weighted by molar-refractivity contribution is 6.78. The average molecular weight is 615 g/mol. The molecule has 0 unspecified atom stereocenters. The fourth-order valence-corrected chi connectivity index (χ4v) is 18.7. The lowest BCUT2D eigenvalue weighted by Gasteiger charge is -2.48. The molecule has 40 heavy (non-hydrogen) atoms. The number of rotatable bonds is 17. The molecule has 0 aromatic heterocycles. The standard InChI is InChI=1S/C33H70O4Si3/c1-25(2)39(26(3)4,27(5)6)36-31(21-18-19-23-34)32(22-20-24-35-38(16,17)33(13,14)15)37-40(28(7)8,29(9)10)30(11)12/h25-32,34H,18-19,21,23-24H2,1-17H3/t31-,32+/m1/s1. The summed E-state index contributed by atoms with van der Waals surface area (Å²) in [6.07, 6.45) is 2.11. The molecule has 0 amide bonds. The monoisotopic (exact) mass is 614 g/mol. The minimum atomic E-state index is -2.23. The van der Waals surface area contributed by atoms with Gasteiger partial charge in [0.1, 0.15) is 6.10 Å². The number of aliphatic hydroxyl groups is 1. The van der Waals surface area contributed by atoms with Gasteiger partial charge < -0.3 is 18.4 Å². The predicted molar refractivity (Wildman–Crippen MR) is 184 cm³/mol. The lowest BCUT2D eigenvalue weighted by molar-refractivity contribution is 0.0545. The average Bonchev–Trinajstić information content (AvgIpc) is 2.78. The van der Waals surface area contributed by atoms with E-state index in [2.05, 4.69) is 129 Å². The van der Waals surface area contributed by atoms with Gasteiger partial charge in [-0.2, -0.15) is 0 Å². The Morgan fingerprint density at radius 3 is 1.40 bits per heavy atom. The molecule has 0 bridgehead atoms. The first-order valence-electron chi connectivity index (χ1n) is 16.2. The molecule has 238 valence electrons. The maximum atomic E-state index is 9.64. The highest BCUT2D eigenvalue weighted by Crippen LogP contribution is 2.46. The molecule has 0 aliphatic carbocycles. The van der Waals surface area contributed by atoms with Gasteiger partial charge in [-0.05, 0) is 70.6 Å². The van der Waals surface area contributed by atoms with Gasteiger partial charge in [0, 0.05) is 6.61 Å². The van der Waals surface area contributed by atoms with E-state index in [0.29, 0.717) is 39.9 Å². The molecule has 0 aliphatic rings. The normalized spacial score (nSPS) is 15.5. The van der Waals surface area contributed by atoms with Crippen LogP contribution >= 0.6 is 0 Å². The van der Waals surface area contributed by atoms with Crippen molar-refractivity contribution in [3.63, 3.8) is 0 Å². The Bertz CT molecular complexity index is 729. The Kier molecular flexibility index (Phi) is 16.8. The van der Waals surface area contributed by atoms with Gasteiger partial charge >= 0.3 is 0 Å². The SMILES string of the molecule is CC(C)[Si](O[C@@H](C#CCO[Si](C)(C)C(C)(C)C)[C@@H](CCCCO)O[Si](C(C)C)(C(C)C)C(C)C)(C(C)C)C(C)C. The highest BCUT2D eigenvalue weighted by Gasteiger charge is 2.51. The largest absolute Gasteiger partial charge is 0.410 e. The van der Waals surface area contributed by atoms with E-state index in [1.165, 1.54) is 0 Å². The molecule has 0 aromatic rings. The van der Waals surface area contributed by atoms with Gasteiger partial charge in [0.15, 0.2) is 8.32 Å². The van der Waals surface area contributed by atoms with E-state index < -0.39 is 25.0 Å². The Labute approximate surface area is 254 Å². The first kappa shape index (κ1) is 40.1. The maximum absolute atomic E-state index is 9.64. The summed E-state index contributed by atoms with van der Waals surface area (Å²) in [5.41, 5.74) is 2.81. The van der Waals surface area contributed by atoms with Crippen molar-refractivity contribution in [2.45, 2.75) is 187 Å². The molecule has 0 aromatic carbocycles. The van der Waals surface area contributed by atoms with Crippen LogP contribution in [0.1, 0.15) is 123 Å². The van der Waals surface area contributed by atoms with E-state index in [4.69, 9.17) is 13.3 Å². The third kappa shape index (κ3) is 10.1. The lowest BCUT2D eigenvalue weighted by atomic mass is 10.1. The van der Waals surface area contributed by atoms with E-state index in [0.717, 1.165) is 19.3 Å². The third-order valence-corrected chi connectivity index (χ3v) is 26.6. The first-order chi connectivity index (χ1) is 18.1. The molecular formula is C33H70O4Si3. The summed E-state index contributed by atoms with van der Waals surface area (Å²) in [4.78, 5) is 0. The van der Waals surface area contributed by atoms with E-state index in [9.17, 15) is 5.11 Å². The second kappa shape index (κ2) is 16.8. The smallest absolute Gasteiger partial charge is 0.202 e. The molecule has 0 aliphatic heterocycles. The predicted octanol–water partition coefficient (Wildman–Crippen LogP) is 10.3. The van der Waals surface area contributed by atoms with Crippen molar-refractivity contribution < 1.29 is 18.4 Å². The Balaban J connectivity index is 6.91. The number of hydrogen-bond donors (Lipinski definition) is 1. The molecule has 0 saturated carbocycles. The van der Waals surface area contributed by atoms with Crippen molar-refractivity contribution in [2.75, 3.05) is 13.2 Å². The minimum absolute atomic E-state index is 0.117. The summed E-state index contributed by atoms with van der Waals surface area (Å²) >= 11 is 0. The van der Waals surface area contributed by atoms with Gasteiger partial charge in [0.25, 0.3) is 0 Å². The lowest BCUT2D eigenvalue weighted by Crippen LogP contribution is -2.56. The number of hydrogen-bond acceptors (Lipinski definition) is 4. The summed E-state index contributed by atoms with van der Waals surface area (Å²) in [6.45, 7) is 40.1. The van der Waals surface area contributed by atoms with E-state index in [1.807, 2.05) is 0 Å². The van der Waals surface area contributed by atoms with Crippen molar-refractivity contribution in [3.05, 3.63) is 0 Å². The fourth-order valence-electron chi connectivity index (χ4n) is 6.80. The Morgan fingerprint density at radius 2 is 1.05 bits per heavy atom. The second-order valence-corrected chi connectivity index (χ2v) is 31.0. The van der Waals surface area contributed by atoms with Crippen molar-refractivity contribution in [3.8, 4) is 11.8 Å². The third-order valence-electron chi connectivity index (χ3n) is 9.89. The maximum Gasteiger partial charge on any atom is 0.202 e. The molecule has 0 saturated heterocycles. The number of aliphatic hydroxyl groups excluding tert-OH is 1. The van der Waals surface area contributed by atoms with Crippen LogP contribution < -0.4 is 0 Å². The fraction of sp³-hybridized carbons (Fsp3) is 0.939. The summed E-state index contributed by atoms with van der Waals surface area (Å²) in [5.74, 6) is 7.07. The molecule has 0 radical (unpaired) electrons. The van der Waals surface area contributed by atoms with Crippen LogP contribution in [0.4, 0.5) is 0 Å². The van der Waals surface area contributed by atoms with Crippen LogP contribution in [-0.2, 0) is 13.3 Å². The minimum Gasteiger partial charge on any atom is -0.410 e. The molecule has 7 heteroatoms. The van der Waals surface area contributed by atoms with Crippen LogP contribution in [0.3, 0.4) is 0 Å². The summed E-state index contributed by atoms with van der Waals surface area (Å²) in [5, 5.41) is 9.78. The van der Waals surface area contributed by atoms with Crippen LogP contribution in [0.15, 0.2) is 0 Å². The van der Waals surface area contributed by atoms with Crippen LogP contribution in [0.25, 0.3) is 0 Å². The van der Waals surface area contributed by atoms with Crippen molar-refractivity contribution >= 4 is 25.0 Å². The van der Waals surface area contributed by atoms with Crippen LogP contribution in [-0.4, -0.2) is 55.5 Å². The van der Waals surface area contributed by atoms with Gasteiger partial charge in [-0.3, -0.25) is 0 Å². The van der Waals surface area contributed by atoms with Crippen LogP contribution in [0.2, 0.25) is 51.4 Å². The molecule has 0 fully saturated rings. The van der Waals surface area contributed by atoms with E-state index in [1.54, 1.807) is 0 Å². The summed E-state index contributed by atoms with van der Waals surface area (Å²) in [7, 11) is -6.33. The first-order valence-corrected chi connectivity index (χ1v) is 23.4. The highest BCUT2D eigenvalue weighted by atomic mass is 28.4. The molecule has 0 heterocycles. The molecule has 0 spiro atoms. The zero-order valence-electron chi connectivity index (χ0n) is 29.8. The Morgan fingerprint density at radius 1 is 0.650 bits per heavy atom. The zero-order chi connectivity index (χ0) is 31.7. The van der Waals surface area contributed by atoms with Crippen molar-refractivity contribution in [1.29, 1.82) is 0 Å².